The number of ether oxygens (including phenoxy) is 1. The van der Waals surface area contributed by atoms with Gasteiger partial charge < -0.3 is 15.2 Å². The van der Waals surface area contributed by atoms with Crippen LogP contribution in [0.15, 0.2) is 24.3 Å². The average molecular weight is 286 g/mol. The van der Waals surface area contributed by atoms with Crippen molar-refractivity contribution in [3.8, 4) is 0 Å². The van der Waals surface area contributed by atoms with Gasteiger partial charge in [-0.05, 0) is 32.9 Å². The van der Waals surface area contributed by atoms with Gasteiger partial charge in [0.25, 0.3) is 0 Å². The molecule has 1 aromatic carbocycles. The Hall–Kier alpha value is -1.26. The predicted octanol–water partition coefficient (Wildman–Crippen LogP) is 2.65. The molecule has 0 aliphatic heterocycles. The van der Waals surface area contributed by atoms with Crippen LogP contribution in [0.25, 0.3) is 0 Å². The summed E-state index contributed by atoms with van der Waals surface area (Å²) in [4.78, 5) is 12.0. The predicted molar refractivity (Wildman–Crippen MR) is 76.8 cm³/mol. The number of aliphatic hydroxyl groups is 1. The molecular weight excluding hydrogens is 266 g/mol. The molecule has 0 aliphatic rings. The van der Waals surface area contributed by atoms with Gasteiger partial charge in [0.1, 0.15) is 5.60 Å². The number of alkyl halides is 1. The topological polar surface area (TPSA) is 58.6 Å². The summed E-state index contributed by atoms with van der Waals surface area (Å²) in [6, 6.07) is 7.02. The van der Waals surface area contributed by atoms with E-state index >= 15 is 0 Å². The lowest BCUT2D eigenvalue weighted by atomic mass is 10.1. The second-order valence-electron chi connectivity index (χ2n) is 5.24. The molecule has 0 amide bonds. The number of nitrogens with one attached hydrogen (secondary N) is 1. The number of hydrogen-bond acceptors (Lipinski definition) is 4. The van der Waals surface area contributed by atoms with Gasteiger partial charge in [0, 0.05) is 12.2 Å². The van der Waals surface area contributed by atoms with Crippen LogP contribution in [0.2, 0.25) is 0 Å². The van der Waals surface area contributed by atoms with Crippen molar-refractivity contribution in [2.45, 2.75) is 32.5 Å². The van der Waals surface area contributed by atoms with Crippen molar-refractivity contribution in [2.75, 3.05) is 17.7 Å². The van der Waals surface area contributed by atoms with Crippen LogP contribution in [0.3, 0.4) is 0 Å². The zero-order valence-corrected chi connectivity index (χ0v) is 12.2. The number of anilines is 1. The molecule has 0 fully saturated rings. The van der Waals surface area contributed by atoms with Crippen LogP contribution in [0.4, 0.5) is 5.69 Å². The quantitative estimate of drug-likeness (QED) is 0.645. The zero-order chi connectivity index (χ0) is 14.5. The fourth-order valence-corrected chi connectivity index (χ4v) is 1.54. The Kier molecular flexibility index (Phi) is 5.63. The van der Waals surface area contributed by atoms with Crippen LogP contribution in [-0.2, 0) is 4.74 Å². The van der Waals surface area contributed by atoms with Gasteiger partial charge in [-0.2, -0.15) is 0 Å². The van der Waals surface area contributed by atoms with E-state index in [4.69, 9.17) is 16.3 Å². The van der Waals surface area contributed by atoms with Crippen molar-refractivity contribution in [3.63, 3.8) is 0 Å². The molecule has 0 aliphatic carbocycles. The van der Waals surface area contributed by atoms with Crippen molar-refractivity contribution in [1.29, 1.82) is 0 Å². The molecule has 1 rings (SSSR count). The van der Waals surface area contributed by atoms with E-state index in [0.717, 1.165) is 0 Å². The maximum atomic E-state index is 12.0. The van der Waals surface area contributed by atoms with Gasteiger partial charge in [0.15, 0.2) is 0 Å². The zero-order valence-electron chi connectivity index (χ0n) is 11.4. The normalized spacial score (nSPS) is 12.9. The van der Waals surface area contributed by atoms with Crippen molar-refractivity contribution >= 4 is 23.3 Å². The van der Waals surface area contributed by atoms with Crippen molar-refractivity contribution in [2.24, 2.45) is 0 Å². The van der Waals surface area contributed by atoms with Gasteiger partial charge in [-0.1, -0.05) is 12.1 Å². The number of hydrogen-bond donors (Lipinski definition) is 2. The molecule has 2 N–H and O–H groups in total. The molecule has 0 saturated carbocycles. The number of aliphatic hydroxyl groups excluding tert-OH is 1. The molecule has 0 bridgehead atoms. The lowest BCUT2D eigenvalue weighted by molar-refractivity contribution is 0.00705. The molecule has 5 heteroatoms. The van der Waals surface area contributed by atoms with E-state index in [-0.39, 0.29) is 12.4 Å². The molecule has 0 radical (unpaired) electrons. The van der Waals surface area contributed by atoms with Crippen LogP contribution in [0.1, 0.15) is 31.1 Å². The van der Waals surface area contributed by atoms with E-state index in [9.17, 15) is 9.90 Å². The smallest absolute Gasteiger partial charge is 0.340 e. The highest BCUT2D eigenvalue weighted by molar-refractivity contribution is 6.18. The first kappa shape index (κ1) is 15.8. The number of halogens is 1. The lowest BCUT2D eigenvalue weighted by Crippen LogP contribution is -2.25. The molecule has 1 atom stereocenters. The van der Waals surface area contributed by atoms with E-state index in [0.29, 0.717) is 11.3 Å². The summed E-state index contributed by atoms with van der Waals surface area (Å²) in [6.45, 7) is 5.73. The number of esters is 1. The van der Waals surface area contributed by atoms with Crippen LogP contribution in [0.5, 0.6) is 0 Å². The molecule has 1 unspecified atom stereocenters. The van der Waals surface area contributed by atoms with E-state index in [2.05, 4.69) is 5.32 Å². The van der Waals surface area contributed by atoms with Gasteiger partial charge in [-0.15, -0.1) is 11.6 Å². The Bertz CT molecular complexity index is 429. The molecule has 1 aromatic rings. The average Bonchev–Trinajstić information content (AvgIpc) is 2.34. The maximum absolute atomic E-state index is 12.0. The maximum Gasteiger partial charge on any atom is 0.340 e. The molecule has 0 saturated heterocycles. The highest BCUT2D eigenvalue weighted by Gasteiger charge is 2.20. The molecule has 0 spiro atoms. The van der Waals surface area contributed by atoms with Gasteiger partial charge in [-0.3, -0.25) is 0 Å². The Balaban J connectivity index is 2.81. The molecule has 106 valence electrons. The first-order valence-electron chi connectivity index (χ1n) is 6.14. The second-order valence-corrected chi connectivity index (χ2v) is 5.55. The Labute approximate surface area is 118 Å². The van der Waals surface area contributed by atoms with E-state index in [1.165, 1.54) is 0 Å². The number of para-hydroxylation sites is 1. The minimum Gasteiger partial charge on any atom is -0.456 e. The number of carbonyl (C=O) groups is 1. The first-order chi connectivity index (χ1) is 8.83. The van der Waals surface area contributed by atoms with Gasteiger partial charge >= 0.3 is 5.97 Å². The molecule has 4 nitrogen and oxygen atoms in total. The number of benzene rings is 1. The summed E-state index contributed by atoms with van der Waals surface area (Å²) >= 11 is 5.53. The third-order valence-corrected chi connectivity index (χ3v) is 2.61. The van der Waals surface area contributed by atoms with Crippen LogP contribution >= 0.6 is 11.6 Å². The van der Waals surface area contributed by atoms with Crippen LogP contribution < -0.4 is 5.32 Å². The minimum atomic E-state index is -0.659. The lowest BCUT2D eigenvalue weighted by Gasteiger charge is -2.21. The van der Waals surface area contributed by atoms with E-state index in [1.54, 1.807) is 18.2 Å². The minimum absolute atomic E-state index is 0.140. The molecule has 0 aromatic heterocycles. The first-order valence-corrected chi connectivity index (χ1v) is 6.67. The monoisotopic (exact) mass is 285 g/mol. The standard InChI is InChI=1S/C14H20ClNO3/c1-14(2,3)19-13(18)11-6-4-5-7-12(11)16-9-10(17)8-15/h4-7,10,16-17H,8-9H2,1-3H3. The number of rotatable bonds is 5. The van der Waals surface area contributed by atoms with Gasteiger partial charge in [-0.25, -0.2) is 4.79 Å². The Morgan fingerprint density at radius 1 is 1.42 bits per heavy atom. The summed E-state index contributed by atoms with van der Waals surface area (Å²) in [5, 5.41) is 12.4. The summed E-state index contributed by atoms with van der Waals surface area (Å²) in [7, 11) is 0. The Morgan fingerprint density at radius 3 is 2.63 bits per heavy atom. The SMILES string of the molecule is CC(C)(C)OC(=O)c1ccccc1NCC(O)CCl. The molecule has 0 heterocycles. The molecular formula is C14H20ClNO3. The highest BCUT2D eigenvalue weighted by Crippen LogP contribution is 2.19. The second kappa shape index (κ2) is 6.78. The van der Waals surface area contributed by atoms with Crippen molar-refractivity contribution in [3.05, 3.63) is 29.8 Å². The van der Waals surface area contributed by atoms with E-state index in [1.807, 2.05) is 26.8 Å². The van der Waals surface area contributed by atoms with Crippen molar-refractivity contribution < 1.29 is 14.6 Å². The highest BCUT2D eigenvalue weighted by atomic mass is 35.5. The van der Waals surface area contributed by atoms with Gasteiger partial charge in [0.05, 0.1) is 17.5 Å². The fourth-order valence-electron chi connectivity index (χ4n) is 1.43. The number of carbonyl (C=O) groups excluding carboxylic acids is 1. The summed E-state index contributed by atoms with van der Waals surface area (Å²) < 4.78 is 5.33. The van der Waals surface area contributed by atoms with E-state index < -0.39 is 17.7 Å². The van der Waals surface area contributed by atoms with Crippen molar-refractivity contribution in [1.82, 2.24) is 0 Å². The van der Waals surface area contributed by atoms with Crippen LogP contribution in [-0.4, -0.2) is 35.2 Å². The van der Waals surface area contributed by atoms with Gasteiger partial charge in [0.2, 0.25) is 0 Å². The summed E-state index contributed by atoms with van der Waals surface area (Å²) in [6.07, 6.45) is -0.659. The third kappa shape index (κ3) is 5.49. The Morgan fingerprint density at radius 2 is 2.05 bits per heavy atom. The summed E-state index contributed by atoms with van der Waals surface area (Å²) in [5.74, 6) is -0.252. The van der Waals surface area contributed by atoms with Crippen LogP contribution in [0, 0.1) is 0 Å². The fraction of sp³-hybridized carbons (Fsp3) is 0.500. The summed E-state index contributed by atoms with van der Waals surface area (Å²) in [5.41, 5.74) is 0.528. The largest absolute Gasteiger partial charge is 0.456 e. The third-order valence-electron chi connectivity index (χ3n) is 2.25. The molecule has 19 heavy (non-hydrogen) atoms.